The van der Waals surface area contributed by atoms with Gasteiger partial charge in [0.25, 0.3) is 0 Å². The van der Waals surface area contributed by atoms with E-state index in [0.717, 1.165) is 24.5 Å². The number of fused-ring (bicyclic) bond motifs is 1. The third kappa shape index (κ3) is 1.78. The zero-order chi connectivity index (χ0) is 12.5. The topological polar surface area (TPSA) is 39.1 Å². The Morgan fingerprint density at radius 3 is 3.06 bits per heavy atom. The van der Waals surface area contributed by atoms with Crippen LogP contribution in [0.25, 0.3) is 0 Å². The van der Waals surface area contributed by atoms with E-state index in [9.17, 15) is 0 Å². The van der Waals surface area contributed by atoms with Crippen LogP contribution in [0.15, 0.2) is 30.6 Å². The number of imidazole rings is 1. The van der Waals surface area contributed by atoms with Crippen molar-refractivity contribution in [1.82, 2.24) is 14.9 Å². The summed E-state index contributed by atoms with van der Waals surface area (Å²) in [6, 6.07) is 6.45. The fourth-order valence-electron chi connectivity index (χ4n) is 2.54. The average Bonchev–Trinajstić information content (AvgIpc) is 2.83. The van der Waals surface area contributed by atoms with Gasteiger partial charge in [-0.15, -0.1) is 0 Å². The van der Waals surface area contributed by atoms with Crippen molar-refractivity contribution in [3.05, 3.63) is 47.5 Å². The first-order valence-corrected chi connectivity index (χ1v) is 6.17. The molecular formula is C14H17N3O. The number of rotatable bonds is 2. The number of nitrogens with zero attached hydrogens (tertiary/aromatic N) is 2. The van der Waals surface area contributed by atoms with Gasteiger partial charge >= 0.3 is 0 Å². The zero-order valence-corrected chi connectivity index (χ0v) is 10.7. The first kappa shape index (κ1) is 11.3. The van der Waals surface area contributed by atoms with E-state index in [2.05, 4.69) is 27.0 Å². The molecule has 4 heteroatoms. The number of benzene rings is 1. The minimum Gasteiger partial charge on any atom is -0.497 e. The third-order valence-corrected chi connectivity index (χ3v) is 3.52. The highest BCUT2D eigenvalue weighted by molar-refractivity contribution is 5.41. The molecule has 1 aliphatic rings. The van der Waals surface area contributed by atoms with E-state index in [0.29, 0.717) is 0 Å². The molecular weight excluding hydrogens is 226 g/mol. The van der Waals surface area contributed by atoms with Crippen LogP contribution in [-0.4, -0.2) is 23.2 Å². The van der Waals surface area contributed by atoms with E-state index in [1.54, 1.807) is 7.11 Å². The molecule has 0 bridgehead atoms. The lowest BCUT2D eigenvalue weighted by atomic mass is 9.93. The molecule has 0 radical (unpaired) electrons. The van der Waals surface area contributed by atoms with Gasteiger partial charge in [-0.1, -0.05) is 6.07 Å². The predicted molar refractivity (Wildman–Crippen MR) is 69.8 cm³/mol. The molecule has 2 heterocycles. The van der Waals surface area contributed by atoms with Gasteiger partial charge in [0.2, 0.25) is 0 Å². The second-order valence-corrected chi connectivity index (χ2v) is 4.60. The van der Waals surface area contributed by atoms with Crippen LogP contribution >= 0.6 is 0 Å². The quantitative estimate of drug-likeness (QED) is 0.872. The highest BCUT2D eigenvalue weighted by Crippen LogP contribution is 2.30. The molecule has 0 amide bonds. The van der Waals surface area contributed by atoms with E-state index in [-0.39, 0.29) is 6.04 Å². The number of hydrogen-bond acceptors (Lipinski definition) is 3. The Bertz CT molecular complexity index is 562. The van der Waals surface area contributed by atoms with Crippen molar-refractivity contribution >= 4 is 0 Å². The fraction of sp³-hybridized carbons (Fsp3) is 0.357. The average molecular weight is 243 g/mol. The Labute approximate surface area is 107 Å². The van der Waals surface area contributed by atoms with Gasteiger partial charge in [0, 0.05) is 26.0 Å². The van der Waals surface area contributed by atoms with Crippen LogP contribution in [-0.2, 0) is 13.5 Å². The first-order chi connectivity index (χ1) is 8.79. The predicted octanol–water partition coefficient (Wildman–Crippen LogP) is 1.66. The zero-order valence-electron chi connectivity index (χ0n) is 10.7. The van der Waals surface area contributed by atoms with Crippen LogP contribution in [0.5, 0.6) is 5.75 Å². The van der Waals surface area contributed by atoms with Crippen molar-refractivity contribution in [3.63, 3.8) is 0 Å². The second-order valence-electron chi connectivity index (χ2n) is 4.60. The van der Waals surface area contributed by atoms with Gasteiger partial charge < -0.3 is 14.6 Å². The minimum absolute atomic E-state index is 0.156. The number of aromatic nitrogens is 2. The van der Waals surface area contributed by atoms with Crippen molar-refractivity contribution in [2.75, 3.05) is 13.7 Å². The molecule has 0 fully saturated rings. The van der Waals surface area contributed by atoms with E-state index in [1.807, 2.05) is 25.5 Å². The monoisotopic (exact) mass is 243 g/mol. The summed E-state index contributed by atoms with van der Waals surface area (Å²) in [5, 5.41) is 3.53. The summed E-state index contributed by atoms with van der Waals surface area (Å²) in [4.78, 5) is 4.45. The van der Waals surface area contributed by atoms with Crippen LogP contribution in [0, 0.1) is 0 Å². The summed E-state index contributed by atoms with van der Waals surface area (Å²) < 4.78 is 7.38. The molecule has 0 saturated carbocycles. The van der Waals surface area contributed by atoms with Crippen molar-refractivity contribution < 1.29 is 4.74 Å². The lowest BCUT2D eigenvalue weighted by molar-refractivity contribution is 0.412. The molecule has 4 nitrogen and oxygen atoms in total. The standard InChI is InChI=1S/C14H17N3O/c1-17-8-7-16-14(17)13-12-9-11(18-2)4-3-10(12)5-6-15-13/h3-4,7-9,13,15H,5-6H2,1-2H3. The van der Waals surface area contributed by atoms with E-state index in [1.165, 1.54) is 11.1 Å². The lowest BCUT2D eigenvalue weighted by Gasteiger charge is -2.27. The summed E-state index contributed by atoms with van der Waals surface area (Å²) in [7, 11) is 3.73. The van der Waals surface area contributed by atoms with Crippen LogP contribution in [0.4, 0.5) is 0 Å². The van der Waals surface area contributed by atoms with Gasteiger partial charge in [0.05, 0.1) is 13.2 Å². The lowest BCUT2D eigenvalue weighted by Crippen LogP contribution is -2.32. The van der Waals surface area contributed by atoms with Crippen molar-refractivity contribution in [2.45, 2.75) is 12.5 Å². The molecule has 1 aliphatic heterocycles. The Kier molecular flexibility index (Phi) is 2.80. The first-order valence-electron chi connectivity index (χ1n) is 6.17. The van der Waals surface area contributed by atoms with Gasteiger partial charge in [-0.2, -0.15) is 0 Å². The van der Waals surface area contributed by atoms with Crippen LogP contribution in [0.3, 0.4) is 0 Å². The van der Waals surface area contributed by atoms with Crippen LogP contribution < -0.4 is 10.1 Å². The Hall–Kier alpha value is -1.81. The summed E-state index contributed by atoms with van der Waals surface area (Å²) in [5.74, 6) is 1.95. The summed E-state index contributed by atoms with van der Waals surface area (Å²) in [6.07, 6.45) is 4.87. The second kappa shape index (κ2) is 4.46. The molecule has 1 atom stereocenters. The molecule has 0 spiro atoms. The summed E-state index contributed by atoms with van der Waals surface area (Å²) >= 11 is 0. The van der Waals surface area contributed by atoms with Crippen LogP contribution in [0.2, 0.25) is 0 Å². The molecule has 2 aromatic rings. The normalized spacial score (nSPS) is 18.4. The molecule has 1 N–H and O–H groups in total. The van der Waals surface area contributed by atoms with Gasteiger partial charge in [-0.25, -0.2) is 4.98 Å². The molecule has 1 aromatic heterocycles. The van der Waals surface area contributed by atoms with Gasteiger partial charge in [-0.3, -0.25) is 0 Å². The van der Waals surface area contributed by atoms with E-state index < -0.39 is 0 Å². The minimum atomic E-state index is 0.156. The molecule has 94 valence electrons. The molecule has 3 rings (SSSR count). The maximum atomic E-state index is 5.32. The largest absolute Gasteiger partial charge is 0.497 e. The highest BCUT2D eigenvalue weighted by Gasteiger charge is 2.24. The molecule has 1 aromatic carbocycles. The summed E-state index contributed by atoms with van der Waals surface area (Å²) in [5.41, 5.74) is 2.65. The summed E-state index contributed by atoms with van der Waals surface area (Å²) in [6.45, 7) is 0.983. The van der Waals surface area contributed by atoms with Crippen molar-refractivity contribution in [1.29, 1.82) is 0 Å². The van der Waals surface area contributed by atoms with E-state index >= 15 is 0 Å². The van der Waals surface area contributed by atoms with Gasteiger partial charge in [0.15, 0.2) is 0 Å². The highest BCUT2D eigenvalue weighted by atomic mass is 16.5. The third-order valence-electron chi connectivity index (χ3n) is 3.52. The van der Waals surface area contributed by atoms with Gasteiger partial charge in [-0.05, 0) is 29.7 Å². The number of nitrogens with one attached hydrogen (secondary N) is 1. The molecule has 1 unspecified atom stereocenters. The number of methoxy groups -OCH3 is 1. The van der Waals surface area contributed by atoms with E-state index in [4.69, 9.17) is 4.74 Å². The van der Waals surface area contributed by atoms with Gasteiger partial charge in [0.1, 0.15) is 11.6 Å². The number of hydrogen-bond donors (Lipinski definition) is 1. The van der Waals surface area contributed by atoms with Crippen LogP contribution in [0.1, 0.15) is 23.0 Å². The van der Waals surface area contributed by atoms with Crippen molar-refractivity contribution in [3.8, 4) is 5.75 Å². The smallest absolute Gasteiger partial charge is 0.130 e. The fourth-order valence-corrected chi connectivity index (χ4v) is 2.54. The Morgan fingerprint density at radius 2 is 2.33 bits per heavy atom. The SMILES string of the molecule is COc1ccc2c(c1)C(c1nccn1C)NCC2. The Balaban J connectivity index is 2.08. The maximum absolute atomic E-state index is 5.32. The number of ether oxygens (including phenoxy) is 1. The van der Waals surface area contributed by atoms with Crippen molar-refractivity contribution in [2.24, 2.45) is 7.05 Å². The Morgan fingerprint density at radius 1 is 1.44 bits per heavy atom. The maximum Gasteiger partial charge on any atom is 0.130 e. The molecule has 0 aliphatic carbocycles. The molecule has 18 heavy (non-hydrogen) atoms. The number of aryl methyl sites for hydroxylation is 1. The molecule has 0 saturated heterocycles.